The van der Waals surface area contributed by atoms with E-state index in [0.29, 0.717) is 12.1 Å². The van der Waals surface area contributed by atoms with Crippen LogP contribution in [0.1, 0.15) is 30.6 Å². The summed E-state index contributed by atoms with van der Waals surface area (Å²) in [6, 6.07) is 6.61. The first-order valence-corrected chi connectivity index (χ1v) is 5.82. The van der Waals surface area contributed by atoms with Crippen molar-refractivity contribution >= 4 is 0 Å². The molecule has 3 nitrogen and oxygen atoms in total. The Morgan fingerprint density at radius 1 is 1.26 bits per heavy atom. The van der Waals surface area contributed by atoms with Gasteiger partial charge in [-0.3, -0.25) is 0 Å². The number of rotatable bonds is 3. The van der Waals surface area contributed by atoms with Gasteiger partial charge < -0.3 is 5.11 Å². The van der Waals surface area contributed by atoms with Crippen molar-refractivity contribution in [1.82, 2.24) is 9.78 Å². The quantitative estimate of drug-likeness (QED) is 0.929. The van der Waals surface area contributed by atoms with E-state index in [1.165, 1.54) is 0 Å². The van der Waals surface area contributed by atoms with E-state index in [-0.39, 0.29) is 0 Å². The number of alkyl halides is 3. The number of hydrogen-bond acceptors (Lipinski definition) is 2. The van der Waals surface area contributed by atoms with Gasteiger partial charge in [0.15, 0.2) is 0 Å². The zero-order valence-corrected chi connectivity index (χ0v) is 10.2. The number of aromatic nitrogens is 2. The molecule has 6 heteroatoms. The predicted octanol–water partition coefficient (Wildman–Crippen LogP) is 3.33. The van der Waals surface area contributed by atoms with Gasteiger partial charge in [0, 0.05) is 6.20 Å². The smallest absolute Gasteiger partial charge is 0.388 e. The second kappa shape index (κ2) is 5.05. The lowest BCUT2D eigenvalue weighted by Crippen LogP contribution is -2.03. The molecule has 0 fully saturated rings. The first-order valence-electron chi connectivity index (χ1n) is 5.82. The lowest BCUT2D eigenvalue weighted by molar-refractivity contribution is -0.137. The molecule has 0 aliphatic carbocycles. The maximum Gasteiger partial charge on any atom is 0.419 e. The van der Waals surface area contributed by atoms with Crippen LogP contribution in [-0.4, -0.2) is 14.9 Å². The fourth-order valence-corrected chi connectivity index (χ4v) is 1.70. The Hall–Kier alpha value is -1.82. The van der Waals surface area contributed by atoms with Gasteiger partial charge in [-0.05, 0) is 24.1 Å². The molecule has 1 unspecified atom stereocenters. The molecule has 1 aromatic carbocycles. The molecule has 1 heterocycles. The van der Waals surface area contributed by atoms with Gasteiger partial charge in [0.2, 0.25) is 0 Å². The molecular weight excluding hydrogens is 257 g/mol. The van der Waals surface area contributed by atoms with Crippen LogP contribution in [0.2, 0.25) is 0 Å². The van der Waals surface area contributed by atoms with Gasteiger partial charge in [-0.1, -0.05) is 19.1 Å². The molecule has 1 aromatic heterocycles. The number of aliphatic hydroxyl groups excluding tert-OH is 1. The Kier molecular flexibility index (Phi) is 3.61. The van der Waals surface area contributed by atoms with Crippen LogP contribution in [0.4, 0.5) is 13.2 Å². The summed E-state index contributed by atoms with van der Waals surface area (Å²) in [5, 5.41) is 13.3. The van der Waals surface area contributed by atoms with Crippen LogP contribution < -0.4 is 0 Å². The maximum absolute atomic E-state index is 12.4. The minimum absolute atomic E-state index is 0.516. The van der Waals surface area contributed by atoms with Crippen molar-refractivity contribution < 1.29 is 18.3 Å². The Bertz CT molecular complexity index is 546. The highest BCUT2D eigenvalue weighted by molar-refractivity contribution is 5.35. The number of hydrogen-bond donors (Lipinski definition) is 1. The number of aliphatic hydroxyl groups is 1. The summed E-state index contributed by atoms with van der Waals surface area (Å²) < 4.78 is 38.5. The molecule has 0 spiro atoms. The van der Waals surface area contributed by atoms with Crippen LogP contribution in [-0.2, 0) is 6.18 Å². The average Bonchev–Trinajstić information content (AvgIpc) is 2.87. The average molecular weight is 270 g/mol. The van der Waals surface area contributed by atoms with E-state index in [4.69, 9.17) is 0 Å². The Labute approximate surface area is 108 Å². The minimum atomic E-state index is -4.39. The van der Waals surface area contributed by atoms with Crippen LogP contribution in [0, 0.1) is 0 Å². The molecule has 0 saturated heterocycles. The van der Waals surface area contributed by atoms with Crippen LogP contribution in [0.15, 0.2) is 36.7 Å². The zero-order valence-electron chi connectivity index (χ0n) is 10.2. The van der Waals surface area contributed by atoms with Crippen molar-refractivity contribution in [1.29, 1.82) is 0 Å². The lowest BCUT2D eigenvalue weighted by atomic mass is 10.1. The highest BCUT2D eigenvalue weighted by Gasteiger charge is 2.32. The second-order valence-corrected chi connectivity index (χ2v) is 4.19. The Balaban J connectivity index is 2.25. The molecule has 0 aliphatic rings. The monoisotopic (exact) mass is 270 g/mol. The summed E-state index contributed by atoms with van der Waals surface area (Å²) in [6.45, 7) is 1.85. The molecule has 0 aliphatic heterocycles. The van der Waals surface area contributed by atoms with Gasteiger partial charge in [-0.15, -0.1) is 0 Å². The molecule has 0 radical (unpaired) electrons. The van der Waals surface area contributed by atoms with Gasteiger partial charge >= 0.3 is 6.18 Å². The van der Waals surface area contributed by atoms with Crippen molar-refractivity contribution in [2.75, 3.05) is 0 Å². The third-order valence-electron chi connectivity index (χ3n) is 2.84. The van der Waals surface area contributed by atoms with Crippen molar-refractivity contribution in [2.24, 2.45) is 0 Å². The minimum Gasteiger partial charge on any atom is -0.388 e. The third-order valence-corrected chi connectivity index (χ3v) is 2.84. The summed E-state index contributed by atoms with van der Waals surface area (Å²) in [4.78, 5) is 0. The summed E-state index contributed by atoms with van der Waals surface area (Å²) in [5.41, 5.74) is 0.460. The second-order valence-electron chi connectivity index (χ2n) is 4.19. The lowest BCUT2D eigenvalue weighted by Gasteiger charge is -2.09. The Morgan fingerprint density at radius 2 is 1.89 bits per heavy atom. The van der Waals surface area contributed by atoms with Gasteiger partial charge in [0.05, 0.1) is 23.6 Å². The fourth-order valence-electron chi connectivity index (χ4n) is 1.70. The summed E-state index contributed by atoms with van der Waals surface area (Å²) in [5.74, 6) is 0. The largest absolute Gasteiger partial charge is 0.419 e. The van der Waals surface area contributed by atoms with Crippen molar-refractivity contribution in [3.8, 4) is 5.69 Å². The van der Waals surface area contributed by atoms with Crippen LogP contribution in [0.3, 0.4) is 0 Å². The Morgan fingerprint density at radius 3 is 2.37 bits per heavy atom. The fraction of sp³-hybridized carbons (Fsp3) is 0.308. The van der Waals surface area contributed by atoms with E-state index < -0.39 is 17.8 Å². The highest BCUT2D eigenvalue weighted by Crippen LogP contribution is 2.29. The summed E-state index contributed by atoms with van der Waals surface area (Å²) in [6.07, 6.45) is -2.65. The molecule has 2 rings (SSSR count). The first kappa shape index (κ1) is 13.6. The standard InChI is InChI=1S/C13H13F3N2O/c1-2-12(19)9-3-5-11(6-4-9)18-8-10(7-17-18)13(14,15)16/h3-8,12,19H,2H2,1H3. The maximum atomic E-state index is 12.4. The molecule has 102 valence electrons. The SMILES string of the molecule is CCC(O)c1ccc(-n2cc(C(F)(F)F)cn2)cc1. The molecule has 1 atom stereocenters. The van der Waals surface area contributed by atoms with Crippen molar-refractivity contribution in [3.05, 3.63) is 47.8 Å². The number of halogens is 3. The van der Waals surface area contributed by atoms with E-state index >= 15 is 0 Å². The van der Waals surface area contributed by atoms with E-state index in [2.05, 4.69) is 5.10 Å². The molecule has 0 saturated carbocycles. The summed E-state index contributed by atoms with van der Waals surface area (Å²) in [7, 11) is 0. The predicted molar refractivity (Wildman–Crippen MR) is 63.8 cm³/mol. The number of benzene rings is 1. The van der Waals surface area contributed by atoms with Crippen molar-refractivity contribution in [2.45, 2.75) is 25.6 Å². The highest BCUT2D eigenvalue weighted by atomic mass is 19.4. The van der Waals surface area contributed by atoms with Gasteiger partial charge in [0.1, 0.15) is 0 Å². The van der Waals surface area contributed by atoms with E-state index in [0.717, 1.165) is 22.6 Å². The van der Waals surface area contributed by atoms with E-state index in [9.17, 15) is 18.3 Å². The molecule has 0 bridgehead atoms. The molecule has 19 heavy (non-hydrogen) atoms. The topological polar surface area (TPSA) is 38.0 Å². The van der Waals surface area contributed by atoms with Crippen LogP contribution in [0.25, 0.3) is 5.69 Å². The molecule has 1 N–H and O–H groups in total. The zero-order chi connectivity index (χ0) is 14.0. The van der Waals surface area contributed by atoms with Crippen LogP contribution in [0.5, 0.6) is 0 Å². The molecule has 0 amide bonds. The summed E-state index contributed by atoms with van der Waals surface area (Å²) >= 11 is 0. The van der Waals surface area contributed by atoms with Gasteiger partial charge in [-0.2, -0.15) is 18.3 Å². The van der Waals surface area contributed by atoms with Gasteiger partial charge in [-0.25, -0.2) is 4.68 Å². The first-order chi connectivity index (χ1) is 8.91. The number of nitrogens with zero attached hydrogens (tertiary/aromatic N) is 2. The van der Waals surface area contributed by atoms with E-state index in [1.54, 1.807) is 24.3 Å². The molecular formula is C13H13F3N2O. The van der Waals surface area contributed by atoms with Crippen molar-refractivity contribution in [3.63, 3.8) is 0 Å². The molecule has 2 aromatic rings. The third kappa shape index (κ3) is 2.96. The van der Waals surface area contributed by atoms with E-state index in [1.807, 2.05) is 6.92 Å². The van der Waals surface area contributed by atoms with Gasteiger partial charge in [0.25, 0.3) is 0 Å². The normalized spacial score (nSPS) is 13.5. The van der Waals surface area contributed by atoms with Crippen LogP contribution >= 0.6 is 0 Å².